The number of rotatable bonds is 8. The van der Waals surface area contributed by atoms with Crippen LogP contribution in [0.25, 0.3) is 6.08 Å². The maximum Gasteiger partial charge on any atom is 0.335 e. The molecule has 0 radical (unpaired) electrons. The Morgan fingerprint density at radius 2 is 1.59 bits per heavy atom. The van der Waals surface area contributed by atoms with E-state index in [1.54, 1.807) is 24.3 Å². The van der Waals surface area contributed by atoms with Gasteiger partial charge in [0.2, 0.25) is 5.78 Å². The lowest BCUT2D eigenvalue weighted by atomic mass is 10.1. The van der Waals surface area contributed by atoms with Crippen molar-refractivity contribution in [2.24, 2.45) is 0 Å². The average molecular weight is 565 g/mol. The number of hydrogen-bond acceptors (Lipinski definition) is 6. The molecule has 0 aromatic heterocycles. The number of halogens is 2. The summed E-state index contributed by atoms with van der Waals surface area (Å²) in [5, 5.41) is 20.2. The number of sulfone groups is 1. The number of hydrogen-bond donors (Lipinski definition) is 1. The highest BCUT2D eigenvalue weighted by atomic mass is 79.9. The van der Waals surface area contributed by atoms with Crippen LogP contribution in [0.5, 0.6) is 0 Å². The summed E-state index contributed by atoms with van der Waals surface area (Å²) in [4.78, 5) is 34.3. The van der Waals surface area contributed by atoms with E-state index in [0.29, 0.717) is 5.56 Å². The summed E-state index contributed by atoms with van der Waals surface area (Å²) in [6.07, 6.45) is 1.05. The number of nitro benzene ring substituents is 1. The maximum absolute atomic E-state index is 13.3. The first-order valence-corrected chi connectivity index (χ1v) is 12.3. The number of carboxylic acids is 1. The van der Waals surface area contributed by atoms with Gasteiger partial charge in [0.1, 0.15) is 9.93 Å². The van der Waals surface area contributed by atoms with E-state index in [9.17, 15) is 28.1 Å². The molecule has 34 heavy (non-hydrogen) atoms. The lowest BCUT2D eigenvalue weighted by Gasteiger charge is -2.10. The first kappa shape index (κ1) is 25.3. The van der Waals surface area contributed by atoms with Crippen LogP contribution in [0.3, 0.4) is 0 Å². The SMILES string of the molecule is O=C(O)c1ccc(C(=O)/C(=C/c2ccc(Cl)c([N+](=O)[O-])c2)S(=O)(=O)Cc2ccc(Br)cc2)cc1. The lowest BCUT2D eigenvalue weighted by molar-refractivity contribution is -0.384. The third kappa shape index (κ3) is 5.96. The Balaban J connectivity index is 2.12. The first-order valence-electron chi connectivity index (χ1n) is 9.49. The summed E-state index contributed by atoms with van der Waals surface area (Å²) in [7, 11) is -4.23. The molecule has 0 fully saturated rings. The van der Waals surface area contributed by atoms with Gasteiger partial charge in [0.25, 0.3) is 5.69 Å². The summed E-state index contributed by atoms with van der Waals surface area (Å²) >= 11 is 9.11. The number of carbonyl (C=O) groups excluding carboxylic acids is 1. The van der Waals surface area contributed by atoms with Crippen LogP contribution in [0.1, 0.15) is 31.8 Å². The van der Waals surface area contributed by atoms with Crippen molar-refractivity contribution in [3.8, 4) is 0 Å². The molecule has 174 valence electrons. The topological polar surface area (TPSA) is 132 Å². The van der Waals surface area contributed by atoms with E-state index < -0.39 is 42.9 Å². The van der Waals surface area contributed by atoms with Crippen LogP contribution >= 0.6 is 27.5 Å². The molecule has 0 aliphatic rings. The molecule has 0 aliphatic heterocycles. The molecule has 0 atom stereocenters. The summed E-state index contributed by atoms with van der Waals surface area (Å²) in [5.74, 6) is -2.58. The minimum absolute atomic E-state index is 0.0564. The van der Waals surface area contributed by atoms with Crippen LogP contribution in [-0.2, 0) is 15.6 Å². The largest absolute Gasteiger partial charge is 0.478 e. The quantitative estimate of drug-likeness (QED) is 0.164. The molecule has 1 N–H and O–H groups in total. The van der Waals surface area contributed by atoms with E-state index in [-0.39, 0.29) is 21.7 Å². The summed E-state index contributed by atoms with van der Waals surface area (Å²) in [6, 6.07) is 14.9. The van der Waals surface area contributed by atoms with Gasteiger partial charge in [-0.1, -0.05) is 57.9 Å². The maximum atomic E-state index is 13.3. The number of nitro groups is 1. The van der Waals surface area contributed by atoms with Crippen molar-refractivity contribution in [3.63, 3.8) is 0 Å². The number of carboxylic acid groups (broad SMARTS) is 1. The van der Waals surface area contributed by atoms with E-state index >= 15 is 0 Å². The summed E-state index contributed by atoms with van der Waals surface area (Å²) < 4.78 is 27.4. The number of allylic oxidation sites excluding steroid dienone is 1. The second-order valence-corrected chi connectivity index (χ2v) is 10.4. The fourth-order valence-electron chi connectivity index (χ4n) is 2.99. The van der Waals surface area contributed by atoms with Crippen LogP contribution in [0, 0.1) is 10.1 Å². The highest BCUT2D eigenvalue weighted by molar-refractivity contribution is 9.10. The van der Waals surface area contributed by atoms with Gasteiger partial charge >= 0.3 is 5.97 Å². The molecule has 0 unspecified atom stereocenters. The van der Waals surface area contributed by atoms with E-state index in [2.05, 4.69) is 15.9 Å². The number of aromatic carboxylic acids is 1. The van der Waals surface area contributed by atoms with Gasteiger partial charge in [-0.05, 0) is 47.5 Å². The zero-order chi connectivity index (χ0) is 25.0. The second-order valence-electron chi connectivity index (χ2n) is 7.07. The Morgan fingerprint density at radius 1 is 1.00 bits per heavy atom. The van der Waals surface area contributed by atoms with Gasteiger partial charge in [-0.25, -0.2) is 13.2 Å². The highest BCUT2D eigenvalue weighted by Crippen LogP contribution is 2.28. The third-order valence-corrected chi connectivity index (χ3v) is 7.22. The van der Waals surface area contributed by atoms with Crippen molar-refractivity contribution in [3.05, 3.63) is 113 Å². The van der Waals surface area contributed by atoms with Gasteiger partial charge in [-0.3, -0.25) is 14.9 Å². The lowest BCUT2D eigenvalue weighted by Crippen LogP contribution is -2.16. The van der Waals surface area contributed by atoms with Gasteiger partial charge < -0.3 is 5.11 Å². The van der Waals surface area contributed by atoms with Crippen LogP contribution in [0.4, 0.5) is 5.69 Å². The van der Waals surface area contributed by atoms with Crippen LogP contribution < -0.4 is 0 Å². The minimum atomic E-state index is -4.23. The monoisotopic (exact) mass is 563 g/mol. The molecular weight excluding hydrogens is 550 g/mol. The highest BCUT2D eigenvalue weighted by Gasteiger charge is 2.27. The van der Waals surface area contributed by atoms with E-state index in [1.807, 2.05) is 0 Å². The van der Waals surface area contributed by atoms with Gasteiger partial charge in [0.05, 0.1) is 16.2 Å². The Labute approximate surface area is 207 Å². The molecule has 3 aromatic carbocycles. The number of nitrogens with zero attached hydrogens (tertiary/aromatic N) is 1. The zero-order valence-corrected chi connectivity index (χ0v) is 20.3. The van der Waals surface area contributed by atoms with E-state index in [1.165, 1.54) is 36.4 Å². The molecule has 0 aliphatic carbocycles. The molecule has 0 bridgehead atoms. The Kier molecular flexibility index (Phi) is 7.65. The molecule has 0 saturated carbocycles. The molecule has 3 aromatic rings. The molecular formula is C23H15BrClNO7S. The molecule has 0 amide bonds. The van der Waals surface area contributed by atoms with Crippen LogP contribution in [0.2, 0.25) is 5.02 Å². The van der Waals surface area contributed by atoms with Crippen molar-refractivity contribution < 1.29 is 28.0 Å². The Hall–Kier alpha value is -3.34. The van der Waals surface area contributed by atoms with Gasteiger partial charge in [0, 0.05) is 16.1 Å². The fourth-order valence-corrected chi connectivity index (χ4v) is 4.95. The number of benzene rings is 3. The normalized spacial score (nSPS) is 11.8. The smallest absolute Gasteiger partial charge is 0.335 e. The second kappa shape index (κ2) is 10.3. The van der Waals surface area contributed by atoms with Crippen molar-refractivity contribution in [2.45, 2.75) is 5.75 Å². The van der Waals surface area contributed by atoms with Crippen molar-refractivity contribution >= 4 is 60.9 Å². The number of ketones is 1. The Morgan fingerprint density at radius 3 is 2.15 bits per heavy atom. The molecule has 3 rings (SSSR count). The summed E-state index contributed by atoms with van der Waals surface area (Å²) in [5.41, 5.74) is -0.0725. The number of carbonyl (C=O) groups is 2. The summed E-state index contributed by atoms with van der Waals surface area (Å²) in [6.45, 7) is 0. The van der Waals surface area contributed by atoms with Crippen LogP contribution in [0.15, 0.2) is 76.1 Å². The van der Waals surface area contributed by atoms with Gasteiger partial charge in [-0.15, -0.1) is 0 Å². The third-order valence-electron chi connectivity index (χ3n) is 4.69. The molecule has 8 nitrogen and oxygen atoms in total. The molecule has 0 spiro atoms. The standard InChI is InChI=1S/C23H15BrClNO7S/c24-18-8-1-14(2-9-18)13-34(32,33)21(12-15-3-10-19(25)20(11-15)26(30)31)22(27)16-4-6-17(7-5-16)23(28)29/h1-12H,13H2,(H,28,29)/b21-12-. The zero-order valence-electron chi connectivity index (χ0n) is 17.1. The van der Waals surface area contributed by atoms with Crippen molar-refractivity contribution in [1.29, 1.82) is 0 Å². The van der Waals surface area contributed by atoms with Crippen LogP contribution in [-0.4, -0.2) is 30.2 Å². The number of Topliss-reactive ketones (excluding diaryl/α,β-unsaturated/α-hetero) is 1. The van der Waals surface area contributed by atoms with Gasteiger partial charge in [-0.2, -0.15) is 0 Å². The fraction of sp³-hybridized carbons (Fsp3) is 0.0435. The molecule has 11 heteroatoms. The molecule has 0 heterocycles. The van der Waals surface area contributed by atoms with Gasteiger partial charge in [0.15, 0.2) is 9.84 Å². The van der Waals surface area contributed by atoms with E-state index in [0.717, 1.165) is 16.6 Å². The van der Waals surface area contributed by atoms with E-state index in [4.69, 9.17) is 16.7 Å². The molecule has 0 saturated heterocycles. The van der Waals surface area contributed by atoms with Crippen molar-refractivity contribution in [1.82, 2.24) is 0 Å². The predicted molar refractivity (Wildman–Crippen MR) is 131 cm³/mol. The Bertz CT molecular complexity index is 1420. The van der Waals surface area contributed by atoms with Crippen molar-refractivity contribution in [2.75, 3.05) is 0 Å². The minimum Gasteiger partial charge on any atom is -0.478 e. The first-order chi connectivity index (χ1) is 16.0. The predicted octanol–water partition coefficient (Wildman–Crippen LogP) is 5.55. The average Bonchev–Trinajstić information content (AvgIpc) is 2.79.